The van der Waals surface area contributed by atoms with Gasteiger partial charge in [-0.2, -0.15) is 0 Å². The van der Waals surface area contributed by atoms with Crippen molar-refractivity contribution in [2.45, 2.75) is 18.6 Å². The minimum Gasteiger partial charge on any atom is -0.491 e. The van der Waals surface area contributed by atoms with E-state index < -0.39 is 12.2 Å². The van der Waals surface area contributed by atoms with Gasteiger partial charge in [-0.3, -0.25) is 0 Å². The summed E-state index contributed by atoms with van der Waals surface area (Å²) in [6.07, 6.45) is -1.03. The normalized spacial score (nSPS) is 14.2. The quantitative estimate of drug-likeness (QED) is 0.631. The Hall–Kier alpha value is -1.14. The summed E-state index contributed by atoms with van der Waals surface area (Å²) in [5.74, 6) is 0.513. The Labute approximate surface area is 107 Å². The molecule has 0 aromatic heterocycles. The number of rotatable bonds is 8. The number of aliphatic hydroxyl groups is 3. The van der Waals surface area contributed by atoms with Crippen molar-refractivity contribution in [1.82, 2.24) is 0 Å². The highest BCUT2D eigenvalue weighted by Crippen LogP contribution is 2.29. The van der Waals surface area contributed by atoms with Gasteiger partial charge < -0.3 is 24.8 Å². The first-order valence-corrected chi connectivity index (χ1v) is 5.89. The fourth-order valence-corrected chi connectivity index (χ4v) is 1.74. The monoisotopic (exact) mass is 256 g/mol. The fraction of sp³-hybridized carbons (Fsp3) is 0.538. The molecule has 5 nitrogen and oxygen atoms in total. The number of methoxy groups -OCH3 is 1. The number of benzene rings is 1. The average Bonchev–Trinajstić information content (AvgIpc) is 2.42. The van der Waals surface area contributed by atoms with E-state index in [2.05, 4.69) is 0 Å². The average molecular weight is 256 g/mol. The highest BCUT2D eigenvalue weighted by Gasteiger charge is 2.23. The van der Waals surface area contributed by atoms with Crippen LogP contribution in [0.5, 0.6) is 5.75 Å². The summed E-state index contributed by atoms with van der Waals surface area (Å²) in [7, 11) is 1.49. The van der Waals surface area contributed by atoms with Crippen molar-refractivity contribution in [2.75, 3.05) is 26.9 Å². The number of aliphatic hydroxyl groups excluding tert-OH is 3. The molecule has 0 bridgehead atoms. The maximum absolute atomic E-state index is 10.2. The second-order valence-electron chi connectivity index (χ2n) is 3.84. The Bertz CT molecular complexity index is 342. The molecule has 0 amide bonds. The molecular weight excluding hydrogens is 236 g/mol. The molecule has 0 saturated carbocycles. The summed E-state index contributed by atoms with van der Waals surface area (Å²) in [5, 5.41) is 27.9. The van der Waals surface area contributed by atoms with Crippen molar-refractivity contribution in [3.05, 3.63) is 29.8 Å². The third kappa shape index (κ3) is 3.96. The predicted octanol–water partition coefficient (Wildman–Crippen LogP) is 0.488. The van der Waals surface area contributed by atoms with Crippen LogP contribution < -0.4 is 4.74 Å². The molecule has 0 aliphatic rings. The Kier molecular flexibility index (Phi) is 6.67. The summed E-state index contributed by atoms with van der Waals surface area (Å²) in [5.41, 5.74) is 0.589. The first kappa shape index (κ1) is 14.9. The summed E-state index contributed by atoms with van der Waals surface area (Å²) in [4.78, 5) is 0. The molecule has 1 aromatic rings. The molecule has 5 heteroatoms. The van der Waals surface area contributed by atoms with E-state index in [1.165, 1.54) is 7.11 Å². The van der Waals surface area contributed by atoms with Crippen LogP contribution >= 0.6 is 0 Å². The van der Waals surface area contributed by atoms with Gasteiger partial charge in [0.1, 0.15) is 18.5 Å². The maximum Gasteiger partial charge on any atom is 0.125 e. The van der Waals surface area contributed by atoms with Gasteiger partial charge in [0.05, 0.1) is 12.7 Å². The highest BCUT2D eigenvalue weighted by molar-refractivity contribution is 5.35. The van der Waals surface area contributed by atoms with Gasteiger partial charge in [-0.25, -0.2) is 0 Å². The second-order valence-corrected chi connectivity index (χ2v) is 3.84. The van der Waals surface area contributed by atoms with Crippen molar-refractivity contribution >= 4 is 0 Å². The third-order valence-electron chi connectivity index (χ3n) is 2.66. The van der Waals surface area contributed by atoms with Crippen LogP contribution in [-0.2, 0) is 4.74 Å². The first-order chi connectivity index (χ1) is 8.74. The van der Waals surface area contributed by atoms with Gasteiger partial charge in [-0.1, -0.05) is 18.2 Å². The van der Waals surface area contributed by atoms with Crippen molar-refractivity contribution in [3.8, 4) is 5.75 Å². The lowest BCUT2D eigenvalue weighted by Gasteiger charge is -2.23. The van der Waals surface area contributed by atoms with E-state index in [0.29, 0.717) is 17.7 Å². The molecule has 18 heavy (non-hydrogen) atoms. The van der Waals surface area contributed by atoms with Crippen LogP contribution in [0.15, 0.2) is 24.3 Å². The smallest absolute Gasteiger partial charge is 0.125 e. The Morgan fingerprint density at radius 1 is 1.17 bits per heavy atom. The highest BCUT2D eigenvalue weighted by atomic mass is 16.5. The van der Waals surface area contributed by atoms with Crippen molar-refractivity contribution in [1.29, 1.82) is 0 Å². The van der Waals surface area contributed by atoms with Crippen LogP contribution in [-0.4, -0.2) is 48.4 Å². The van der Waals surface area contributed by atoms with Gasteiger partial charge in [-0.05, 0) is 12.5 Å². The standard InChI is InChI=1S/C13H20O5/c1-17-12(6-7-14)13(16)10-4-2-3-5-11(10)18-9-8-15/h2-5,12-16H,6-9H2,1H3/t12-,13-/m0/s1. The first-order valence-electron chi connectivity index (χ1n) is 5.89. The van der Waals surface area contributed by atoms with Crippen molar-refractivity contribution in [2.24, 2.45) is 0 Å². The van der Waals surface area contributed by atoms with E-state index in [1.54, 1.807) is 24.3 Å². The molecule has 0 fully saturated rings. The molecular formula is C13H20O5. The zero-order valence-electron chi connectivity index (χ0n) is 10.5. The van der Waals surface area contributed by atoms with E-state index in [1.807, 2.05) is 0 Å². The summed E-state index contributed by atoms with van der Waals surface area (Å²) in [6.45, 7) is 0.0192. The van der Waals surface area contributed by atoms with E-state index in [0.717, 1.165) is 0 Å². The van der Waals surface area contributed by atoms with Gasteiger partial charge in [-0.15, -0.1) is 0 Å². The number of ether oxygens (including phenoxy) is 2. The number of hydrogen-bond donors (Lipinski definition) is 3. The van der Waals surface area contributed by atoms with Gasteiger partial charge >= 0.3 is 0 Å². The van der Waals surface area contributed by atoms with Crippen LogP contribution in [0.1, 0.15) is 18.1 Å². The predicted molar refractivity (Wildman–Crippen MR) is 66.5 cm³/mol. The lowest BCUT2D eigenvalue weighted by molar-refractivity contribution is -0.0264. The number of hydrogen-bond acceptors (Lipinski definition) is 5. The SMILES string of the molecule is CO[C@@H](CCO)[C@@H](O)c1ccccc1OCCO. The molecule has 1 rings (SSSR count). The van der Waals surface area contributed by atoms with E-state index in [9.17, 15) is 5.11 Å². The van der Waals surface area contributed by atoms with Crippen molar-refractivity contribution in [3.63, 3.8) is 0 Å². The van der Waals surface area contributed by atoms with Crippen LogP contribution in [0, 0.1) is 0 Å². The van der Waals surface area contributed by atoms with E-state index in [4.69, 9.17) is 19.7 Å². The van der Waals surface area contributed by atoms with E-state index in [-0.39, 0.29) is 19.8 Å². The Morgan fingerprint density at radius 3 is 2.50 bits per heavy atom. The molecule has 0 saturated heterocycles. The Morgan fingerprint density at radius 2 is 1.89 bits per heavy atom. The molecule has 0 unspecified atom stereocenters. The summed E-state index contributed by atoms with van der Waals surface area (Å²) < 4.78 is 10.5. The largest absolute Gasteiger partial charge is 0.491 e. The minimum atomic E-state index is -0.878. The maximum atomic E-state index is 10.2. The summed E-state index contributed by atoms with van der Waals surface area (Å²) >= 11 is 0. The molecule has 0 radical (unpaired) electrons. The molecule has 2 atom stereocenters. The molecule has 3 N–H and O–H groups in total. The zero-order chi connectivity index (χ0) is 13.4. The van der Waals surface area contributed by atoms with Gasteiger partial charge in [0.25, 0.3) is 0 Å². The lowest BCUT2D eigenvalue weighted by atomic mass is 10.0. The summed E-state index contributed by atoms with van der Waals surface area (Å²) in [6, 6.07) is 7.04. The number of para-hydroxylation sites is 1. The third-order valence-corrected chi connectivity index (χ3v) is 2.66. The van der Waals surface area contributed by atoms with Crippen LogP contribution in [0.3, 0.4) is 0 Å². The topological polar surface area (TPSA) is 79.2 Å². The lowest BCUT2D eigenvalue weighted by Crippen LogP contribution is -2.23. The minimum absolute atomic E-state index is 0.0603. The Balaban J connectivity index is 2.85. The molecule has 0 spiro atoms. The van der Waals surface area contributed by atoms with E-state index >= 15 is 0 Å². The molecule has 102 valence electrons. The molecule has 1 aromatic carbocycles. The van der Waals surface area contributed by atoms with Gasteiger partial charge in [0, 0.05) is 19.3 Å². The fourth-order valence-electron chi connectivity index (χ4n) is 1.74. The van der Waals surface area contributed by atoms with Gasteiger partial charge in [0.2, 0.25) is 0 Å². The molecule has 0 aliphatic carbocycles. The van der Waals surface area contributed by atoms with Crippen LogP contribution in [0.25, 0.3) is 0 Å². The second kappa shape index (κ2) is 8.05. The van der Waals surface area contributed by atoms with Gasteiger partial charge in [0.15, 0.2) is 0 Å². The van der Waals surface area contributed by atoms with Crippen molar-refractivity contribution < 1.29 is 24.8 Å². The van der Waals surface area contributed by atoms with Crippen LogP contribution in [0.4, 0.5) is 0 Å². The zero-order valence-corrected chi connectivity index (χ0v) is 10.5. The molecule has 0 aliphatic heterocycles. The van der Waals surface area contributed by atoms with Crippen LogP contribution in [0.2, 0.25) is 0 Å². The molecule has 0 heterocycles.